The molecule has 2 rings (SSSR count). The smallest absolute Gasteiger partial charge is 0.264 e. The van der Waals surface area contributed by atoms with Gasteiger partial charge in [0.15, 0.2) is 0 Å². The van der Waals surface area contributed by atoms with Gasteiger partial charge >= 0.3 is 0 Å². The van der Waals surface area contributed by atoms with Gasteiger partial charge in [-0.05, 0) is 38.5 Å². The fourth-order valence-corrected chi connectivity index (χ4v) is 3.65. The van der Waals surface area contributed by atoms with Crippen molar-refractivity contribution in [2.24, 2.45) is 0 Å². The Labute approximate surface area is 155 Å². The van der Waals surface area contributed by atoms with Crippen LogP contribution in [0.4, 0.5) is 5.00 Å². The van der Waals surface area contributed by atoms with Crippen molar-refractivity contribution in [2.75, 3.05) is 18.4 Å². The number of hydrogen-bond donors (Lipinski definition) is 1. The van der Waals surface area contributed by atoms with E-state index in [4.69, 9.17) is 11.6 Å². The van der Waals surface area contributed by atoms with Gasteiger partial charge in [0, 0.05) is 19.3 Å². The molecule has 0 aliphatic heterocycles. The Morgan fingerprint density at radius 1 is 1.40 bits per heavy atom. The van der Waals surface area contributed by atoms with Crippen LogP contribution in [0.1, 0.15) is 45.0 Å². The van der Waals surface area contributed by atoms with Crippen molar-refractivity contribution in [1.29, 1.82) is 5.26 Å². The summed E-state index contributed by atoms with van der Waals surface area (Å²) in [7, 11) is 0. The molecule has 130 valence electrons. The van der Waals surface area contributed by atoms with Crippen molar-refractivity contribution < 1.29 is 9.59 Å². The molecule has 0 unspecified atom stereocenters. The molecule has 25 heavy (non-hydrogen) atoms. The van der Waals surface area contributed by atoms with E-state index in [1.54, 1.807) is 24.0 Å². The van der Waals surface area contributed by atoms with Gasteiger partial charge in [-0.2, -0.15) is 5.26 Å². The molecule has 0 fully saturated rings. The molecule has 2 aromatic heterocycles. The van der Waals surface area contributed by atoms with Gasteiger partial charge < -0.3 is 10.2 Å². The van der Waals surface area contributed by atoms with E-state index < -0.39 is 5.91 Å². The van der Waals surface area contributed by atoms with Crippen LogP contribution in [0.25, 0.3) is 0 Å². The normalized spacial score (nSPS) is 10.2. The zero-order valence-corrected chi connectivity index (χ0v) is 15.7. The SMILES string of the molecule is CCN(CC)C(=O)c1sc(NC(=O)c2cccnc2Cl)c(C#N)c1C. The highest BCUT2D eigenvalue weighted by Gasteiger charge is 2.24. The molecule has 0 saturated heterocycles. The van der Waals surface area contributed by atoms with E-state index in [1.165, 1.54) is 6.20 Å². The molecule has 2 amide bonds. The Kier molecular flexibility index (Phi) is 6.12. The van der Waals surface area contributed by atoms with E-state index in [-0.39, 0.29) is 22.2 Å². The standard InChI is InChI=1S/C17H17ClN4O2S/c1-4-22(5-2)17(24)13-10(3)12(9-19)16(25-13)21-15(23)11-7-6-8-20-14(11)18/h6-8H,4-5H2,1-3H3,(H,21,23). The lowest BCUT2D eigenvalue weighted by molar-refractivity contribution is 0.0777. The zero-order chi connectivity index (χ0) is 18.6. The number of thiophene rings is 1. The van der Waals surface area contributed by atoms with Crippen molar-refractivity contribution >= 4 is 39.8 Å². The third-order valence-corrected chi connectivity index (χ3v) is 5.23. The molecule has 0 atom stereocenters. The minimum atomic E-state index is -0.474. The van der Waals surface area contributed by atoms with Gasteiger partial charge in [-0.3, -0.25) is 9.59 Å². The summed E-state index contributed by atoms with van der Waals surface area (Å²) in [5, 5.41) is 12.5. The van der Waals surface area contributed by atoms with Gasteiger partial charge in [-0.1, -0.05) is 11.6 Å². The minimum absolute atomic E-state index is 0.0752. The van der Waals surface area contributed by atoms with Gasteiger partial charge in [0.25, 0.3) is 11.8 Å². The molecule has 8 heteroatoms. The molecule has 0 saturated carbocycles. The number of nitriles is 1. The molecule has 0 aliphatic carbocycles. The van der Waals surface area contributed by atoms with Gasteiger partial charge in [-0.15, -0.1) is 11.3 Å². The van der Waals surface area contributed by atoms with Gasteiger partial charge in [0.05, 0.1) is 16.0 Å². The Balaban J connectivity index is 2.38. The summed E-state index contributed by atoms with van der Waals surface area (Å²) < 4.78 is 0. The number of hydrogen-bond acceptors (Lipinski definition) is 5. The molecule has 0 aromatic carbocycles. The van der Waals surface area contributed by atoms with Crippen molar-refractivity contribution in [3.05, 3.63) is 45.1 Å². The molecular formula is C17H17ClN4O2S. The minimum Gasteiger partial charge on any atom is -0.338 e. The van der Waals surface area contributed by atoms with Crippen LogP contribution in [-0.4, -0.2) is 34.8 Å². The van der Waals surface area contributed by atoms with E-state index >= 15 is 0 Å². The number of pyridine rings is 1. The van der Waals surface area contributed by atoms with E-state index in [1.807, 2.05) is 13.8 Å². The van der Waals surface area contributed by atoms with Crippen LogP contribution in [0, 0.1) is 18.3 Å². The maximum absolute atomic E-state index is 12.6. The first-order valence-electron chi connectivity index (χ1n) is 7.69. The highest BCUT2D eigenvalue weighted by atomic mass is 35.5. The predicted octanol–water partition coefficient (Wildman–Crippen LogP) is 3.71. The van der Waals surface area contributed by atoms with Crippen LogP contribution in [0.5, 0.6) is 0 Å². The Bertz CT molecular complexity index is 853. The van der Waals surface area contributed by atoms with E-state index in [9.17, 15) is 14.9 Å². The molecule has 6 nitrogen and oxygen atoms in total. The van der Waals surface area contributed by atoms with Crippen molar-refractivity contribution in [3.63, 3.8) is 0 Å². The maximum Gasteiger partial charge on any atom is 0.264 e. The first kappa shape index (κ1) is 18.9. The second kappa shape index (κ2) is 8.10. The average Bonchev–Trinajstić information content (AvgIpc) is 2.91. The number of carbonyl (C=O) groups is 2. The molecular weight excluding hydrogens is 360 g/mol. The largest absolute Gasteiger partial charge is 0.338 e. The summed E-state index contributed by atoms with van der Waals surface area (Å²) in [6.07, 6.45) is 1.48. The number of aromatic nitrogens is 1. The third-order valence-electron chi connectivity index (χ3n) is 3.73. The zero-order valence-electron chi connectivity index (χ0n) is 14.1. The first-order valence-corrected chi connectivity index (χ1v) is 8.88. The molecule has 1 N–H and O–H groups in total. The van der Waals surface area contributed by atoms with Gasteiger partial charge in [0.2, 0.25) is 0 Å². The quantitative estimate of drug-likeness (QED) is 0.806. The number of carbonyl (C=O) groups excluding carboxylic acids is 2. The van der Waals surface area contributed by atoms with Crippen LogP contribution in [-0.2, 0) is 0 Å². The average molecular weight is 377 g/mol. The molecule has 0 bridgehead atoms. The fourth-order valence-electron chi connectivity index (χ4n) is 2.32. The second-order valence-electron chi connectivity index (χ2n) is 5.15. The van der Waals surface area contributed by atoms with Crippen LogP contribution in [0.3, 0.4) is 0 Å². The van der Waals surface area contributed by atoms with Crippen LogP contribution < -0.4 is 5.32 Å². The van der Waals surface area contributed by atoms with Crippen molar-refractivity contribution in [3.8, 4) is 6.07 Å². The molecule has 0 spiro atoms. The molecule has 2 heterocycles. The monoisotopic (exact) mass is 376 g/mol. The summed E-state index contributed by atoms with van der Waals surface area (Å²) in [5.74, 6) is -0.624. The fraction of sp³-hybridized carbons (Fsp3) is 0.294. The lowest BCUT2D eigenvalue weighted by Gasteiger charge is -2.17. The predicted molar refractivity (Wildman–Crippen MR) is 98.2 cm³/mol. The summed E-state index contributed by atoms with van der Waals surface area (Å²) in [4.78, 5) is 31.0. The van der Waals surface area contributed by atoms with Gasteiger partial charge in [0.1, 0.15) is 16.2 Å². The number of nitrogens with zero attached hydrogens (tertiary/aromatic N) is 3. The number of amides is 2. The second-order valence-corrected chi connectivity index (χ2v) is 6.52. The molecule has 0 aliphatic rings. The first-order chi connectivity index (χ1) is 11.9. The lowest BCUT2D eigenvalue weighted by atomic mass is 10.1. The van der Waals surface area contributed by atoms with Gasteiger partial charge in [-0.25, -0.2) is 4.98 Å². The van der Waals surface area contributed by atoms with Crippen LogP contribution in [0.15, 0.2) is 18.3 Å². The van der Waals surface area contributed by atoms with E-state index in [2.05, 4.69) is 16.4 Å². The third kappa shape index (κ3) is 3.81. The topological polar surface area (TPSA) is 86.1 Å². The number of nitrogens with one attached hydrogen (secondary N) is 1. The Morgan fingerprint density at radius 3 is 2.64 bits per heavy atom. The summed E-state index contributed by atoms with van der Waals surface area (Å²) in [5.41, 5.74) is 1.06. The van der Waals surface area contributed by atoms with Crippen LogP contribution >= 0.6 is 22.9 Å². The number of anilines is 1. The lowest BCUT2D eigenvalue weighted by Crippen LogP contribution is -2.30. The maximum atomic E-state index is 12.6. The van der Waals surface area contributed by atoms with Crippen molar-refractivity contribution in [1.82, 2.24) is 9.88 Å². The number of halogens is 1. The highest BCUT2D eigenvalue weighted by Crippen LogP contribution is 2.34. The Hall–Kier alpha value is -2.43. The highest BCUT2D eigenvalue weighted by molar-refractivity contribution is 7.18. The molecule has 0 radical (unpaired) electrons. The molecule has 2 aromatic rings. The number of rotatable bonds is 5. The van der Waals surface area contributed by atoms with E-state index in [0.29, 0.717) is 28.5 Å². The van der Waals surface area contributed by atoms with Crippen molar-refractivity contribution in [2.45, 2.75) is 20.8 Å². The summed E-state index contributed by atoms with van der Waals surface area (Å²) >= 11 is 7.03. The van der Waals surface area contributed by atoms with E-state index in [0.717, 1.165) is 11.3 Å². The Morgan fingerprint density at radius 2 is 2.08 bits per heavy atom. The summed E-state index contributed by atoms with van der Waals surface area (Å²) in [6, 6.07) is 5.20. The summed E-state index contributed by atoms with van der Waals surface area (Å²) in [6.45, 7) is 6.63. The van der Waals surface area contributed by atoms with Crippen LogP contribution in [0.2, 0.25) is 5.15 Å².